The van der Waals surface area contributed by atoms with Crippen molar-refractivity contribution in [3.8, 4) is 11.3 Å². The van der Waals surface area contributed by atoms with Crippen molar-refractivity contribution in [3.63, 3.8) is 0 Å². The van der Waals surface area contributed by atoms with Crippen molar-refractivity contribution in [1.82, 2.24) is 14.5 Å². The minimum atomic E-state index is -4.30. The summed E-state index contributed by atoms with van der Waals surface area (Å²) >= 11 is 5.96. The molecule has 10 heteroatoms. The van der Waals surface area contributed by atoms with E-state index in [1.807, 2.05) is 13.8 Å². The quantitative estimate of drug-likeness (QED) is 0.378. The molecule has 202 valence electrons. The number of alkyl halides is 3. The Labute approximate surface area is 224 Å². The lowest BCUT2D eigenvalue weighted by molar-refractivity contribution is -0.135. The van der Waals surface area contributed by atoms with E-state index in [4.69, 9.17) is 16.3 Å². The minimum absolute atomic E-state index is 0.0294. The molecule has 0 unspecified atom stereocenters. The highest BCUT2D eigenvalue weighted by molar-refractivity contribution is 6.30. The molecule has 0 radical (unpaired) electrons. The maximum atomic E-state index is 13.2. The molecule has 0 spiro atoms. The molecule has 1 aromatic heterocycles. The highest BCUT2D eigenvalue weighted by atomic mass is 35.5. The van der Waals surface area contributed by atoms with Gasteiger partial charge in [0.05, 0.1) is 24.4 Å². The fourth-order valence-electron chi connectivity index (χ4n) is 4.64. The summed E-state index contributed by atoms with van der Waals surface area (Å²) in [7, 11) is 0. The van der Waals surface area contributed by atoms with E-state index in [1.54, 1.807) is 53.4 Å². The predicted octanol–water partition coefficient (Wildman–Crippen LogP) is 5.75. The third-order valence-electron chi connectivity index (χ3n) is 6.31. The number of halogens is 4. The number of carbonyl (C=O) groups excluding carboxylic acids is 1. The fourth-order valence-corrected chi connectivity index (χ4v) is 4.77. The molecule has 2 atom stereocenters. The van der Waals surface area contributed by atoms with Gasteiger partial charge in [0, 0.05) is 48.1 Å². The van der Waals surface area contributed by atoms with E-state index in [1.165, 1.54) is 10.6 Å². The van der Waals surface area contributed by atoms with Gasteiger partial charge in [0.25, 0.3) is 11.5 Å². The molecule has 2 aromatic carbocycles. The van der Waals surface area contributed by atoms with Crippen LogP contribution in [-0.2, 0) is 17.7 Å². The molecule has 3 aromatic rings. The van der Waals surface area contributed by atoms with Crippen LogP contribution < -0.4 is 5.56 Å². The minimum Gasteiger partial charge on any atom is -0.372 e. The van der Waals surface area contributed by atoms with Crippen molar-refractivity contribution in [2.75, 3.05) is 13.1 Å². The molecule has 1 aliphatic heterocycles. The Bertz CT molecular complexity index is 1330. The van der Waals surface area contributed by atoms with Crippen LogP contribution in [0.15, 0.2) is 59.4 Å². The lowest BCUT2D eigenvalue weighted by Crippen LogP contribution is -2.48. The van der Waals surface area contributed by atoms with Crippen LogP contribution >= 0.6 is 11.6 Å². The number of rotatable bonds is 7. The lowest BCUT2D eigenvalue weighted by atomic mass is 10.1. The summed E-state index contributed by atoms with van der Waals surface area (Å²) in [5.41, 5.74) is 1.76. The first-order chi connectivity index (χ1) is 18.0. The van der Waals surface area contributed by atoms with Gasteiger partial charge in [-0.1, -0.05) is 35.9 Å². The summed E-state index contributed by atoms with van der Waals surface area (Å²) in [6.07, 6.45) is -5.66. The van der Waals surface area contributed by atoms with Crippen molar-refractivity contribution in [2.45, 2.75) is 58.0 Å². The van der Waals surface area contributed by atoms with Gasteiger partial charge >= 0.3 is 6.18 Å². The van der Waals surface area contributed by atoms with E-state index in [-0.39, 0.29) is 48.9 Å². The molecule has 2 heterocycles. The molecule has 1 saturated heterocycles. The Balaban J connectivity index is 1.63. The maximum Gasteiger partial charge on any atom is 0.389 e. The molecule has 1 aliphatic rings. The second kappa shape index (κ2) is 11.7. The Kier molecular flexibility index (Phi) is 8.57. The molecular formula is C28H29ClF3N3O3. The van der Waals surface area contributed by atoms with Crippen LogP contribution in [0, 0.1) is 0 Å². The van der Waals surface area contributed by atoms with E-state index in [0.717, 1.165) is 0 Å². The molecular weight excluding hydrogens is 519 g/mol. The smallest absolute Gasteiger partial charge is 0.372 e. The van der Waals surface area contributed by atoms with Crippen molar-refractivity contribution in [3.05, 3.63) is 86.9 Å². The van der Waals surface area contributed by atoms with Crippen LogP contribution in [-0.4, -0.2) is 51.8 Å². The number of ether oxygens (including phenoxy) is 1. The van der Waals surface area contributed by atoms with Gasteiger partial charge < -0.3 is 9.64 Å². The van der Waals surface area contributed by atoms with Gasteiger partial charge in [-0.25, -0.2) is 4.98 Å². The van der Waals surface area contributed by atoms with Gasteiger partial charge in [0.2, 0.25) is 0 Å². The van der Waals surface area contributed by atoms with E-state index < -0.39 is 12.6 Å². The lowest BCUT2D eigenvalue weighted by Gasteiger charge is -2.35. The Morgan fingerprint density at radius 2 is 1.76 bits per heavy atom. The standard InChI is InChI=1S/C28H29ClF3N3O3/c1-18-15-34(16-19(2)38-18)27(37)22-6-3-5-20(13-22)17-35-25(7-4-12-28(30,31)32)33-24(14-26(35)36)21-8-10-23(29)11-9-21/h3,5-6,8-11,13-14,18-19H,4,7,12,15-17H2,1-2H3/t18-,19+. The van der Waals surface area contributed by atoms with Gasteiger partial charge in [-0.2, -0.15) is 13.2 Å². The average molecular weight is 548 g/mol. The topological polar surface area (TPSA) is 64.4 Å². The van der Waals surface area contributed by atoms with Crippen molar-refractivity contribution in [1.29, 1.82) is 0 Å². The monoisotopic (exact) mass is 547 g/mol. The number of benzene rings is 2. The molecule has 0 aliphatic carbocycles. The molecule has 4 rings (SSSR count). The second-order valence-electron chi connectivity index (χ2n) is 9.63. The number of amides is 1. The van der Waals surface area contributed by atoms with Gasteiger partial charge in [-0.3, -0.25) is 14.2 Å². The van der Waals surface area contributed by atoms with Gasteiger partial charge in [0.15, 0.2) is 0 Å². The van der Waals surface area contributed by atoms with Crippen molar-refractivity contribution >= 4 is 17.5 Å². The third kappa shape index (κ3) is 7.23. The van der Waals surface area contributed by atoms with E-state index >= 15 is 0 Å². The maximum absolute atomic E-state index is 13.2. The number of morpholine rings is 1. The summed E-state index contributed by atoms with van der Waals surface area (Å²) in [5.74, 6) is 0.113. The molecule has 1 amide bonds. The van der Waals surface area contributed by atoms with E-state index in [0.29, 0.717) is 40.5 Å². The number of aromatic nitrogens is 2. The number of hydrogen-bond acceptors (Lipinski definition) is 4. The molecule has 0 N–H and O–H groups in total. The van der Waals surface area contributed by atoms with Crippen LogP contribution in [0.5, 0.6) is 0 Å². The number of nitrogens with zero attached hydrogens (tertiary/aromatic N) is 3. The molecule has 6 nitrogen and oxygen atoms in total. The summed E-state index contributed by atoms with van der Waals surface area (Å²) in [6, 6.07) is 15.0. The molecule has 1 fully saturated rings. The third-order valence-corrected chi connectivity index (χ3v) is 6.56. The van der Waals surface area contributed by atoms with Gasteiger partial charge in [-0.15, -0.1) is 0 Å². The van der Waals surface area contributed by atoms with Crippen molar-refractivity contribution in [2.24, 2.45) is 0 Å². The van der Waals surface area contributed by atoms with Crippen LogP contribution in [0.1, 0.15) is 48.4 Å². The summed E-state index contributed by atoms with van der Waals surface area (Å²) in [4.78, 5) is 32.7. The Morgan fingerprint density at radius 1 is 1.08 bits per heavy atom. The number of carbonyl (C=O) groups is 1. The van der Waals surface area contributed by atoms with Crippen LogP contribution in [0.2, 0.25) is 5.02 Å². The van der Waals surface area contributed by atoms with Crippen LogP contribution in [0.3, 0.4) is 0 Å². The van der Waals surface area contributed by atoms with E-state index in [2.05, 4.69) is 4.98 Å². The summed E-state index contributed by atoms with van der Waals surface area (Å²) in [5, 5.41) is 0.517. The second-order valence-corrected chi connectivity index (χ2v) is 10.1. The first kappa shape index (κ1) is 27.9. The largest absolute Gasteiger partial charge is 0.389 e. The fraction of sp³-hybridized carbons (Fsp3) is 0.393. The zero-order valence-corrected chi connectivity index (χ0v) is 21.9. The zero-order chi connectivity index (χ0) is 27.4. The van der Waals surface area contributed by atoms with Crippen LogP contribution in [0.25, 0.3) is 11.3 Å². The summed E-state index contributed by atoms with van der Waals surface area (Å²) < 4.78 is 45.6. The van der Waals surface area contributed by atoms with Gasteiger partial charge in [0.1, 0.15) is 5.82 Å². The number of hydrogen-bond donors (Lipinski definition) is 0. The molecule has 0 bridgehead atoms. The van der Waals surface area contributed by atoms with Crippen LogP contribution in [0.4, 0.5) is 13.2 Å². The molecule has 38 heavy (non-hydrogen) atoms. The van der Waals surface area contributed by atoms with E-state index in [9.17, 15) is 22.8 Å². The zero-order valence-electron chi connectivity index (χ0n) is 21.2. The number of aryl methyl sites for hydroxylation is 1. The van der Waals surface area contributed by atoms with Crippen molar-refractivity contribution < 1.29 is 22.7 Å². The first-order valence-corrected chi connectivity index (χ1v) is 12.8. The van der Waals surface area contributed by atoms with Gasteiger partial charge in [-0.05, 0) is 50.1 Å². The predicted molar refractivity (Wildman–Crippen MR) is 139 cm³/mol. The Morgan fingerprint density at radius 3 is 2.42 bits per heavy atom. The first-order valence-electron chi connectivity index (χ1n) is 12.5. The average Bonchev–Trinajstić information content (AvgIpc) is 2.84. The molecule has 0 saturated carbocycles. The Hall–Kier alpha value is -3.17. The highest BCUT2D eigenvalue weighted by Crippen LogP contribution is 2.24. The normalized spacial score (nSPS) is 18.0. The SMILES string of the molecule is C[C@@H]1CN(C(=O)c2cccc(Cn3c(CCCC(F)(F)F)nc(-c4ccc(Cl)cc4)cc3=O)c2)C[C@H](C)O1. The summed E-state index contributed by atoms with van der Waals surface area (Å²) in [6.45, 7) is 4.86. The highest BCUT2D eigenvalue weighted by Gasteiger charge is 2.28.